The van der Waals surface area contributed by atoms with Crippen LogP contribution in [0.1, 0.15) is 22.8 Å². The molecule has 2 aromatic rings. The summed E-state index contributed by atoms with van der Waals surface area (Å²) < 4.78 is 18.7. The van der Waals surface area contributed by atoms with Crippen LogP contribution in [0.15, 0.2) is 52.4 Å². The molecular weight excluding hydrogens is 403 g/mol. The topological polar surface area (TPSA) is 59.0 Å². The standard InChI is InChI=1S/C20H16ClFN2O3S/c1-3-24-18(25)17(11-14-15(21)5-4-6-16(14)22)28-20(24)23-13-9-7-12(8-10-13)19(26)27-2/h4-11H,3H2,1-2H3/b17-11-,23-20?. The molecule has 8 heteroatoms. The fraction of sp³-hybridized carbons (Fsp3) is 0.150. The summed E-state index contributed by atoms with van der Waals surface area (Å²) in [5.74, 6) is -1.20. The molecular formula is C20H16ClFN2O3S. The van der Waals surface area contributed by atoms with E-state index in [1.165, 1.54) is 30.2 Å². The molecule has 1 fully saturated rings. The van der Waals surface area contributed by atoms with E-state index in [0.29, 0.717) is 27.9 Å². The Morgan fingerprint density at radius 1 is 1.29 bits per heavy atom. The van der Waals surface area contributed by atoms with Crippen LogP contribution in [0.5, 0.6) is 0 Å². The van der Waals surface area contributed by atoms with Crippen LogP contribution in [0.3, 0.4) is 0 Å². The van der Waals surface area contributed by atoms with Crippen molar-refractivity contribution in [1.29, 1.82) is 0 Å². The van der Waals surface area contributed by atoms with Crippen LogP contribution in [0.2, 0.25) is 5.02 Å². The predicted molar refractivity (Wildman–Crippen MR) is 109 cm³/mol. The fourth-order valence-electron chi connectivity index (χ4n) is 2.55. The number of likely N-dealkylation sites (N-methyl/N-ethyl adjacent to an activating group) is 1. The molecule has 0 radical (unpaired) electrons. The maximum atomic E-state index is 14.1. The van der Waals surface area contributed by atoms with E-state index in [1.54, 1.807) is 30.3 Å². The highest BCUT2D eigenvalue weighted by Gasteiger charge is 2.32. The van der Waals surface area contributed by atoms with Gasteiger partial charge in [0.05, 0.1) is 28.3 Å². The van der Waals surface area contributed by atoms with E-state index < -0.39 is 11.8 Å². The Hall–Kier alpha value is -2.64. The van der Waals surface area contributed by atoms with Crippen LogP contribution in [-0.4, -0.2) is 35.6 Å². The molecule has 0 unspecified atom stereocenters. The monoisotopic (exact) mass is 418 g/mol. The molecule has 0 atom stereocenters. The highest BCUT2D eigenvalue weighted by atomic mass is 35.5. The molecule has 144 valence electrons. The van der Waals surface area contributed by atoms with E-state index in [9.17, 15) is 14.0 Å². The Kier molecular flexibility index (Phi) is 6.16. The summed E-state index contributed by atoms with van der Waals surface area (Å²) in [4.78, 5) is 30.5. The average Bonchev–Trinajstić information content (AvgIpc) is 2.99. The minimum Gasteiger partial charge on any atom is -0.465 e. The molecule has 1 saturated heterocycles. The van der Waals surface area contributed by atoms with Crippen molar-refractivity contribution in [2.75, 3.05) is 13.7 Å². The molecule has 0 saturated carbocycles. The van der Waals surface area contributed by atoms with Crippen molar-refractivity contribution in [3.63, 3.8) is 0 Å². The van der Waals surface area contributed by atoms with E-state index in [2.05, 4.69) is 9.73 Å². The maximum absolute atomic E-state index is 14.1. The van der Waals surface area contributed by atoms with Gasteiger partial charge in [-0.2, -0.15) is 0 Å². The minimum absolute atomic E-state index is 0.166. The number of rotatable bonds is 4. The molecule has 1 amide bonds. The van der Waals surface area contributed by atoms with Crippen LogP contribution in [0.25, 0.3) is 6.08 Å². The van der Waals surface area contributed by atoms with Crippen LogP contribution in [-0.2, 0) is 9.53 Å². The van der Waals surface area contributed by atoms with E-state index in [1.807, 2.05) is 6.92 Å². The molecule has 1 aliphatic rings. The molecule has 0 aliphatic carbocycles. The van der Waals surface area contributed by atoms with Gasteiger partial charge in [-0.3, -0.25) is 9.69 Å². The van der Waals surface area contributed by atoms with Crippen molar-refractivity contribution in [2.24, 2.45) is 4.99 Å². The van der Waals surface area contributed by atoms with Crippen LogP contribution >= 0.6 is 23.4 Å². The zero-order chi connectivity index (χ0) is 20.3. The molecule has 0 aromatic heterocycles. The van der Waals surface area contributed by atoms with E-state index >= 15 is 0 Å². The summed E-state index contributed by atoms with van der Waals surface area (Å²) in [7, 11) is 1.31. The van der Waals surface area contributed by atoms with Crippen molar-refractivity contribution < 1.29 is 18.7 Å². The summed E-state index contributed by atoms with van der Waals surface area (Å²) in [6, 6.07) is 10.9. The second kappa shape index (κ2) is 8.58. The Morgan fingerprint density at radius 2 is 2.00 bits per heavy atom. The van der Waals surface area contributed by atoms with Gasteiger partial charge in [-0.1, -0.05) is 17.7 Å². The number of ether oxygens (including phenoxy) is 1. The first-order valence-corrected chi connectivity index (χ1v) is 9.56. The highest BCUT2D eigenvalue weighted by Crippen LogP contribution is 2.35. The number of benzene rings is 2. The first-order chi connectivity index (χ1) is 13.4. The van der Waals surface area contributed by atoms with E-state index in [0.717, 1.165) is 11.8 Å². The molecule has 1 heterocycles. The number of amides is 1. The summed E-state index contributed by atoms with van der Waals surface area (Å²) in [6.45, 7) is 2.24. The lowest BCUT2D eigenvalue weighted by atomic mass is 10.2. The number of carbonyl (C=O) groups is 2. The van der Waals surface area contributed by atoms with Crippen molar-refractivity contribution in [3.05, 3.63) is 69.3 Å². The second-order valence-electron chi connectivity index (χ2n) is 5.73. The first-order valence-electron chi connectivity index (χ1n) is 8.37. The van der Waals surface area contributed by atoms with Gasteiger partial charge in [-0.15, -0.1) is 0 Å². The number of aliphatic imine (C=N–C) groups is 1. The molecule has 1 aliphatic heterocycles. The number of nitrogens with zero attached hydrogens (tertiary/aromatic N) is 2. The number of hydrogen-bond donors (Lipinski definition) is 0. The third kappa shape index (κ3) is 4.10. The van der Waals surface area contributed by atoms with Gasteiger partial charge < -0.3 is 4.74 Å². The van der Waals surface area contributed by atoms with Gasteiger partial charge in [0.25, 0.3) is 5.91 Å². The zero-order valence-corrected chi connectivity index (χ0v) is 16.7. The van der Waals surface area contributed by atoms with Crippen LogP contribution < -0.4 is 0 Å². The van der Waals surface area contributed by atoms with Gasteiger partial charge >= 0.3 is 5.97 Å². The Bertz CT molecular complexity index is 969. The average molecular weight is 419 g/mol. The molecule has 2 aromatic carbocycles. The lowest BCUT2D eigenvalue weighted by molar-refractivity contribution is -0.122. The van der Waals surface area contributed by atoms with Gasteiger partial charge in [-0.05, 0) is 61.2 Å². The number of amidine groups is 1. The fourth-order valence-corrected chi connectivity index (χ4v) is 3.81. The quantitative estimate of drug-likeness (QED) is 0.524. The Morgan fingerprint density at radius 3 is 2.61 bits per heavy atom. The lowest BCUT2D eigenvalue weighted by Gasteiger charge is -2.12. The predicted octanol–water partition coefficient (Wildman–Crippen LogP) is 4.89. The highest BCUT2D eigenvalue weighted by molar-refractivity contribution is 8.18. The van der Waals surface area contributed by atoms with Gasteiger partial charge in [0.2, 0.25) is 0 Å². The van der Waals surface area contributed by atoms with Crippen molar-refractivity contribution in [2.45, 2.75) is 6.92 Å². The van der Waals surface area contributed by atoms with Crippen molar-refractivity contribution >= 4 is 52.2 Å². The minimum atomic E-state index is -0.500. The van der Waals surface area contributed by atoms with Gasteiger partial charge in [0.1, 0.15) is 5.82 Å². The van der Waals surface area contributed by atoms with Crippen LogP contribution in [0.4, 0.5) is 10.1 Å². The maximum Gasteiger partial charge on any atom is 0.337 e. The van der Waals surface area contributed by atoms with Crippen molar-refractivity contribution in [1.82, 2.24) is 4.90 Å². The smallest absolute Gasteiger partial charge is 0.337 e. The number of carbonyl (C=O) groups excluding carboxylic acids is 2. The number of thioether (sulfide) groups is 1. The number of esters is 1. The largest absolute Gasteiger partial charge is 0.465 e. The lowest BCUT2D eigenvalue weighted by Crippen LogP contribution is -2.28. The van der Waals surface area contributed by atoms with Gasteiger partial charge in [0, 0.05) is 12.1 Å². The second-order valence-corrected chi connectivity index (χ2v) is 7.14. The molecule has 3 rings (SSSR count). The molecule has 0 spiro atoms. The molecule has 5 nitrogen and oxygen atoms in total. The van der Waals surface area contributed by atoms with Crippen molar-refractivity contribution in [3.8, 4) is 0 Å². The number of methoxy groups -OCH3 is 1. The third-order valence-corrected chi connectivity index (χ3v) is 5.33. The number of halogens is 2. The van der Waals surface area contributed by atoms with Gasteiger partial charge in [-0.25, -0.2) is 14.2 Å². The normalized spacial score (nSPS) is 16.9. The molecule has 28 heavy (non-hydrogen) atoms. The summed E-state index contributed by atoms with van der Waals surface area (Å²) in [6.07, 6.45) is 1.44. The summed E-state index contributed by atoms with van der Waals surface area (Å²) in [5, 5.41) is 0.699. The Balaban J connectivity index is 1.92. The first kappa shape index (κ1) is 20.1. The SMILES string of the molecule is CCN1C(=O)/C(=C/c2c(F)cccc2Cl)SC1=Nc1ccc(C(=O)OC)cc1. The Labute approximate surface area is 170 Å². The number of hydrogen-bond acceptors (Lipinski definition) is 5. The molecule has 0 bridgehead atoms. The summed E-state index contributed by atoms with van der Waals surface area (Å²) in [5.41, 5.74) is 1.15. The molecule has 0 N–H and O–H groups in total. The van der Waals surface area contributed by atoms with Crippen LogP contribution in [0, 0.1) is 5.82 Å². The van der Waals surface area contributed by atoms with Gasteiger partial charge in [0.15, 0.2) is 5.17 Å². The third-order valence-electron chi connectivity index (χ3n) is 3.99. The van der Waals surface area contributed by atoms with E-state index in [-0.39, 0.29) is 16.5 Å². The summed E-state index contributed by atoms with van der Waals surface area (Å²) >= 11 is 7.20. The van der Waals surface area contributed by atoms with E-state index in [4.69, 9.17) is 11.6 Å². The zero-order valence-electron chi connectivity index (χ0n) is 15.1.